The highest BCUT2D eigenvalue weighted by Gasteiger charge is 2.50. The number of rotatable bonds is 3. The lowest BCUT2D eigenvalue weighted by Gasteiger charge is -2.57. The van der Waals surface area contributed by atoms with Gasteiger partial charge in [0.1, 0.15) is 11.0 Å². The molecule has 3 nitrogen and oxygen atoms in total. The van der Waals surface area contributed by atoms with Crippen LogP contribution in [0.2, 0.25) is 5.15 Å². The molecule has 0 atom stereocenters. The fraction of sp³-hybridized carbons (Fsp3) is 0.800. The third-order valence-electron chi connectivity index (χ3n) is 5.69. The van der Waals surface area contributed by atoms with Crippen LogP contribution in [0.1, 0.15) is 44.3 Å². The quantitative estimate of drug-likeness (QED) is 0.921. The smallest absolute Gasteiger partial charge is 0.128 e. The SMILES string of the molecule is Cn1c(Cl)cnc1CNC12CC3CC(CC(C3)C1)C2. The summed E-state index contributed by atoms with van der Waals surface area (Å²) in [6.07, 6.45) is 10.4. The van der Waals surface area contributed by atoms with Gasteiger partial charge in [0, 0.05) is 12.6 Å². The zero-order valence-corrected chi connectivity index (χ0v) is 12.3. The summed E-state index contributed by atoms with van der Waals surface area (Å²) < 4.78 is 1.98. The summed E-state index contributed by atoms with van der Waals surface area (Å²) in [5, 5.41) is 4.58. The van der Waals surface area contributed by atoms with E-state index in [9.17, 15) is 0 Å². The number of hydrogen-bond donors (Lipinski definition) is 1. The first kappa shape index (κ1) is 12.2. The van der Waals surface area contributed by atoms with Crippen LogP contribution >= 0.6 is 11.6 Å². The zero-order chi connectivity index (χ0) is 13.0. The van der Waals surface area contributed by atoms with Gasteiger partial charge in [-0.3, -0.25) is 0 Å². The van der Waals surface area contributed by atoms with Gasteiger partial charge in [-0.15, -0.1) is 0 Å². The van der Waals surface area contributed by atoms with E-state index >= 15 is 0 Å². The van der Waals surface area contributed by atoms with E-state index in [0.717, 1.165) is 35.3 Å². The fourth-order valence-electron chi connectivity index (χ4n) is 5.18. The molecule has 1 aromatic heterocycles. The molecular formula is C15H22ClN3. The molecule has 104 valence electrons. The van der Waals surface area contributed by atoms with Crippen molar-refractivity contribution in [3.05, 3.63) is 17.2 Å². The number of halogens is 1. The number of nitrogens with zero attached hydrogens (tertiary/aromatic N) is 2. The van der Waals surface area contributed by atoms with Gasteiger partial charge in [-0.05, 0) is 56.3 Å². The molecule has 1 aromatic rings. The second-order valence-electron chi connectivity index (χ2n) is 7.11. The van der Waals surface area contributed by atoms with Crippen molar-refractivity contribution in [3.8, 4) is 0 Å². The first-order chi connectivity index (χ1) is 9.13. The molecule has 4 aliphatic carbocycles. The van der Waals surface area contributed by atoms with Crippen molar-refractivity contribution in [2.75, 3.05) is 0 Å². The van der Waals surface area contributed by atoms with Gasteiger partial charge in [0.25, 0.3) is 0 Å². The molecule has 4 aliphatic rings. The Hall–Kier alpha value is -0.540. The van der Waals surface area contributed by atoms with Crippen LogP contribution in [0, 0.1) is 17.8 Å². The van der Waals surface area contributed by atoms with Crippen molar-refractivity contribution in [2.24, 2.45) is 24.8 Å². The molecule has 4 heteroatoms. The summed E-state index contributed by atoms with van der Waals surface area (Å²) in [4.78, 5) is 4.40. The molecule has 0 spiro atoms. The molecule has 5 rings (SSSR count). The van der Waals surface area contributed by atoms with E-state index in [1.807, 2.05) is 11.6 Å². The van der Waals surface area contributed by atoms with Crippen molar-refractivity contribution >= 4 is 11.6 Å². The summed E-state index contributed by atoms with van der Waals surface area (Å²) >= 11 is 6.06. The Kier molecular flexibility index (Phi) is 2.72. The molecule has 4 fully saturated rings. The Morgan fingerprint density at radius 2 is 1.84 bits per heavy atom. The first-order valence-corrected chi connectivity index (χ1v) is 7.92. The molecule has 1 N–H and O–H groups in total. The predicted molar refractivity (Wildman–Crippen MR) is 76.0 cm³/mol. The largest absolute Gasteiger partial charge is 0.321 e. The Morgan fingerprint density at radius 3 is 2.32 bits per heavy atom. The van der Waals surface area contributed by atoms with E-state index in [1.165, 1.54) is 38.5 Å². The lowest BCUT2D eigenvalue weighted by molar-refractivity contribution is -0.0209. The molecule has 1 heterocycles. The lowest BCUT2D eigenvalue weighted by Crippen LogP contribution is -2.58. The molecule has 0 amide bonds. The molecule has 0 saturated heterocycles. The highest BCUT2D eigenvalue weighted by Crippen LogP contribution is 2.55. The van der Waals surface area contributed by atoms with Gasteiger partial charge >= 0.3 is 0 Å². The minimum atomic E-state index is 0.410. The molecule has 4 bridgehead atoms. The van der Waals surface area contributed by atoms with Gasteiger partial charge in [-0.2, -0.15) is 0 Å². The second-order valence-corrected chi connectivity index (χ2v) is 7.49. The minimum Gasteiger partial charge on any atom is -0.321 e. The number of aromatic nitrogens is 2. The van der Waals surface area contributed by atoms with Crippen LogP contribution in [0.15, 0.2) is 6.20 Å². The normalized spacial score (nSPS) is 40.0. The van der Waals surface area contributed by atoms with Crippen LogP contribution < -0.4 is 5.32 Å². The Balaban J connectivity index is 1.49. The van der Waals surface area contributed by atoms with E-state index in [0.29, 0.717) is 5.54 Å². The Labute approximate surface area is 119 Å². The van der Waals surface area contributed by atoms with Gasteiger partial charge in [0.2, 0.25) is 0 Å². The van der Waals surface area contributed by atoms with E-state index in [2.05, 4.69) is 10.3 Å². The monoisotopic (exact) mass is 279 g/mol. The first-order valence-electron chi connectivity index (χ1n) is 7.55. The predicted octanol–water partition coefficient (Wildman–Crippen LogP) is 3.13. The average molecular weight is 280 g/mol. The maximum absolute atomic E-state index is 6.06. The van der Waals surface area contributed by atoms with Crippen LogP contribution in [0.25, 0.3) is 0 Å². The van der Waals surface area contributed by atoms with Crippen molar-refractivity contribution in [3.63, 3.8) is 0 Å². The van der Waals surface area contributed by atoms with Gasteiger partial charge in [0.15, 0.2) is 0 Å². The van der Waals surface area contributed by atoms with Crippen LogP contribution in [0.5, 0.6) is 0 Å². The maximum atomic E-state index is 6.06. The fourth-order valence-corrected chi connectivity index (χ4v) is 5.33. The number of imidazole rings is 1. The minimum absolute atomic E-state index is 0.410. The van der Waals surface area contributed by atoms with Crippen LogP contribution in [0.3, 0.4) is 0 Å². The summed E-state index contributed by atoms with van der Waals surface area (Å²) in [5.41, 5.74) is 0.410. The van der Waals surface area contributed by atoms with Gasteiger partial charge in [-0.1, -0.05) is 11.6 Å². The summed E-state index contributed by atoms with van der Waals surface area (Å²) in [6.45, 7) is 0.857. The van der Waals surface area contributed by atoms with Crippen molar-refractivity contribution in [2.45, 2.75) is 50.6 Å². The standard InChI is InChI=1S/C15H22ClN3/c1-19-13(16)8-17-14(19)9-18-15-5-10-2-11(6-15)4-12(3-10)7-15/h8,10-12,18H,2-7,9H2,1H3. The maximum Gasteiger partial charge on any atom is 0.128 e. The van der Waals surface area contributed by atoms with E-state index in [1.54, 1.807) is 6.20 Å². The highest BCUT2D eigenvalue weighted by molar-refractivity contribution is 6.29. The average Bonchev–Trinajstić information content (AvgIpc) is 2.66. The molecule has 4 saturated carbocycles. The van der Waals surface area contributed by atoms with Crippen molar-refractivity contribution in [1.82, 2.24) is 14.9 Å². The van der Waals surface area contributed by atoms with Gasteiger partial charge < -0.3 is 9.88 Å². The van der Waals surface area contributed by atoms with E-state index in [-0.39, 0.29) is 0 Å². The summed E-state index contributed by atoms with van der Waals surface area (Å²) in [6, 6.07) is 0. The van der Waals surface area contributed by atoms with E-state index in [4.69, 9.17) is 11.6 Å². The Morgan fingerprint density at radius 1 is 1.26 bits per heavy atom. The molecule has 0 aromatic carbocycles. The molecule has 0 radical (unpaired) electrons. The topological polar surface area (TPSA) is 29.9 Å². The zero-order valence-electron chi connectivity index (χ0n) is 11.5. The molecular weight excluding hydrogens is 258 g/mol. The van der Waals surface area contributed by atoms with Crippen LogP contribution in [-0.2, 0) is 13.6 Å². The summed E-state index contributed by atoms with van der Waals surface area (Å²) in [7, 11) is 1.99. The van der Waals surface area contributed by atoms with Crippen LogP contribution in [-0.4, -0.2) is 15.1 Å². The van der Waals surface area contributed by atoms with E-state index < -0.39 is 0 Å². The summed E-state index contributed by atoms with van der Waals surface area (Å²) in [5.74, 6) is 4.02. The number of nitrogens with one attached hydrogen (secondary N) is 1. The van der Waals surface area contributed by atoms with Crippen LogP contribution in [0.4, 0.5) is 0 Å². The van der Waals surface area contributed by atoms with Crippen molar-refractivity contribution < 1.29 is 0 Å². The van der Waals surface area contributed by atoms with Gasteiger partial charge in [0.05, 0.1) is 12.7 Å². The third-order valence-corrected chi connectivity index (χ3v) is 6.04. The lowest BCUT2D eigenvalue weighted by atomic mass is 9.53. The van der Waals surface area contributed by atoms with Crippen molar-refractivity contribution in [1.29, 1.82) is 0 Å². The third kappa shape index (κ3) is 2.02. The second kappa shape index (κ2) is 4.23. The Bertz CT molecular complexity index is 458. The molecule has 0 aliphatic heterocycles. The highest BCUT2D eigenvalue weighted by atomic mass is 35.5. The molecule has 0 unspecified atom stereocenters. The molecule has 19 heavy (non-hydrogen) atoms. The van der Waals surface area contributed by atoms with Gasteiger partial charge in [-0.25, -0.2) is 4.98 Å². The number of hydrogen-bond acceptors (Lipinski definition) is 2.